The van der Waals surface area contributed by atoms with Gasteiger partial charge in [-0.2, -0.15) is 0 Å². The summed E-state index contributed by atoms with van der Waals surface area (Å²) in [7, 11) is 1.58. The van der Waals surface area contributed by atoms with Gasteiger partial charge in [0.1, 0.15) is 0 Å². The average molecular weight is 250 g/mol. The van der Waals surface area contributed by atoms with Crippen LogP contribution in [0.3, 0.4) is 0 Å². The van der Waals surface area contributed by atoms with Gasteiger partial charge in [0, 0.05) is 24.9 Å². The van der Waals surface area contributed by atoms with Crippen molar-refractivity contribution >= 4 is 17.5 Å². The zero-order valence-corrected chi connectivity index (χ0v) is 10.8. The van der Waals surface area contributed by atoms with Crippen LogP contribution in [0.15, 0.2) is 24.3 Å². The fraction of sp³-hybridized carbons (Fsp3) is 0.385. The standard InChI is InChI=1S/C13H18N2O3/c1-9(18-3)8-14-13(17)15-12-6-4-5-11(7-12)10(2)16/h4-7,9H,8H2,1-3H3,(H2,14,15,17). The molecule has 0 fully saturated rings. The normalized spacial score (nSPS) is 11.7. The van der Waals surface area contributed by atoms with Crippen LogP contribution in [0.5, 0.6) is 0 Å². The van der Waals surface area contributed by atoms with Crippen molar-refractivity contribution in [2.75, 3.05) is 19.0 Å². The van der Waals surface area contributed by atoms with Crippen molar-refractivity contribution in [3.8, 4) is 0 Å². The maximum atomic E-state index is 11.6. The number of methoxy groups -OCH3 is 1. The van der Waals surface area contributed by atoms with E-state index in [0.29, 0.717) is 17.8 Å². The first-order valence-corrected chi connectivity index (χ1v) is 5.71. The number of nitrogens with one attached hydrogen (secondary N) is 2. The molecule has 1 aromatic rings. The Morgan fingerprint density at radius 2 is 2.11 bits per heavy atom. The molecule has 0 aliphatic carbocycles. The summed E-state index contributed by atoms with van der Waals surface area (Å²) in [5.74, 6) is -0.0351. The molecule has 0 spiro atoms. The van der Waals surface area contributed by atoms with Gasteiger partial charge in [-0.05, 0) is 26.0 Å². The van der Waals surface area contributed by atoms with E-state index in [-0.39, 0.29) is 17.9 Å². The Morgan fingerprint density at radius 3 is 2.72 bits per heavy atom. The van der Waals surface area contributed by atoms with Crippen LogP contribution in [0.4, 0.5) is 10.5 Å². The van der Waals surface area contributed by atoms with E-state index in [1.165, 1.54) is 6.92 Å². The number of benzene rings is 1. The van der Waals surface area contributed by atoms with Gasteiger partial charge in [-0.25, -0.2) is 4.79 Å². The second-order valence-electron chi connectivity index (χ2n) is 4.02. The molecule has 2 amide bonds. The topological polar surface area (TPSA) is 67.4 Å². The van der Waals surface area contributed by atoms with Gasteiger partial charge in [-0.3, -0.25) is 4.79 Å². The predicted molar refractivity (Wildman–Crippen MR) is 69.9 cm³/mol. The summed E-state index contributed by atoms with van der Waals surface area (Å²) in [6, 6.07) is 6.48. The SMILES string of the molecule is COC(C)CNC(=O)Nc1cccc(C(C)=O)c1. The fourth-order valence-electron chi connectivity index (χ4n) is 1.31. The lowest BCUT2D eigenvalue weighted by Gasteiger charge is -2.12. The molecule has 0 aliphatic heterocycles. The quantitative estimate of drug-likeness (QED) is 0.786. The molecule has 0 radical (unpaired) electrons. The molecule has 1 aromatic carbocycles. The van der Waals surface area contributed by atoms with Crippen molar-refractivity contribution in [1.82, 2.24) is 5.32 Å². The number of rotatable bonds is 5. The number of hydrogen-bond donors (Lipinski definition) is 2. The van der Waals surface area contributed by atoms with Crippen molar-refractivity contribution in [2.45, 2.75) is 20.0 Å². The third-order valence-corrected chi connectivity index (χ3v) is 2.48. The molecular formula is C13H18N2O3. The zero-order valence-electron chi connectivity index (χ0n) is 10.8. The maximum absolute atomic E-state index is 11.6. The van der Waals surface area contributed by atoms with E-state index in [1.54, 1.807) is 31.4 Å². The molecule has 2 N–H and O–H groups in total. The summed E-state index contributed by atoms with van der Waals surface area (Å²) < 4.78 is 5.01. The Kier molecular flexibility index (Phi) is 5.32. The number of ketones is 1. The molecule has 18 heavy (non-hydrogen) atoms. The van der Waals surface area contributed by atoms with Gasteiger partial charge >= 0.3 is 6.03 Å². The van der Waals surface area contributed by atoms with Gasteiger partial charge < -0.3 is 15.4 Å². The molecular weight excluding hydrogens is 232 g/mol. The summed E-state index contributed by atoms with van der Waals surface area (Å²) in [6.07, 6.45) is -0.0423. The molecule has 5 heteroatoms. The highest BCUT2D eigenvalue weighted by Gasteiger charge is 2.06. The smallest absolute Gasteiger partial charge is 0.319 e. The van der Waals surface area contributed by atoms with E-state index in [2.05, 4.69) is 10.6 Å². The molecule has 0 heterocycles. The zero-order chi connectivity index (χ0) is 13.5. The highest BCUT2D eigenvalue weighted by Crippen LogP contribution is 2.10. The monoisotopic (exact) mass is 250 g/mol. The van der Waals surface area contributed by atoms with Crippen LogP contribution in [-0.2, 0) is 4.74 Å². The van der Waals surface area contributed by atoms with Crippen molar-refractivity contribution in [3.63, 3.8) is 0 Å². The predicted octanol–water partition coefficient (Wildman–Crippen LogP) is 2.05. The highest BCUT2D eigenvalue weighted by atomic mass is 16.5. The van der Waals surface area contributed by atoms with Crippen LogP contribution in [0.2, 0.25) is 0 Å². The first kappa shape index (κ1) is 14.2. The fourth-order valence-corrected chi connectivity index (χ4v) is 1.31. The minimum atomic E-state index is -0.320. The van der Waals surface area contributed by atoms with Crippen molar-refractivity contribution in [3.05, 3.63) is 29.8 Å². The van der Waals surface area contributed by atoms with Crippen molar-refractivity contribution in [1.29, 1.82) is 0 Å². The number of amides is 2. The number of carbonyl (C=O) groups excluding carboxylic acids is 2. The highest BCUT2D eigenvalue weighted by molar-refractivity contribution is 5.96. The number of hydrogen-bond acceptors (Lipinski definition) is 3. The number of carbonyl (C=O) groups is 2. The van der Waals surface area contributed by atoms with Crippen LogP contribution in [-0.4, -0.2) is 31.6 Å². The molecule has 1 atom stereocenters. The Morgan fingerprint density at radius 1 is 1.39 bits per heavy atom. The van der Waals surface area contributed by atoms with Crippen LogP contribution in [0.1, 0.15) is 24.2 Å². The third kappa shape index (κ3) is 4.55. The molecule has 0 aliphatic rings. The van der Waals surface area contributed by atoms with Gasteiger partial charge in [0.15, 0.2) is 5.78 Å². The molecule has 1 rings (SSSR count). The second kappa shape index (κ2) is 6.76. The van der Waals surface area contributed by atoms with Crippen LogP contribution < -0.4 is 10.6 Å². The molecule has 0 bridgehead atoms. The molecule has 98 valence electrons. The van der Waals surface area contributed by atoms with E-state index in [9.17, 15) is 9.59 Å². The summed E-state index contributed by atoms with van der Waals surface area (Å²) in [4.78, 5) is 22.7. The van der Waals surface area contributed by atoms with Crippen molar-refractivity contribution < 1.29 is 14.3 Å². The molecule has 1 unspecified atom stereocenters. The molecule has 0 saturated carbocycles. The van der Waals surface area contributed by atoms with Gasteiger partial charge in [-0.1, -0.05) is 12.1 Å². The number of ether oxygens (including phenoxy) is 1. The lowest BCUT2D eigenvalue weighted by atomic mass is 10.1. The van der Waals surface area contributed by atoms with Gasteiger partial charge in [0.25, 0.3) is 0 Å². The molecule has 0 saturated heterocycles. The first-order chi connectivity index (χ1) is 8.52. The first-order valence-electron chi connectivity index (χ1n) is 5.71. The Balaban J connectivity index is 2.54. The summed E-state index contributed by atoms with van der Waals surface area (Å²) in [6.45, 7) is 3.77. The van der Waals surface area contributed by atoms with E-state index in [1.807, 2.05) is 6.92 Å². The summed E-state index contributed by atoms with van der Waals surface area (Å²) in [5, 5.41) is 5.33. The van der Waals surface area contributed by atoms with Gasteiger partial charge in [-0.15, -0.1) is 0 Å². The third-order valence-electron chi connectivity index (χ3n) is 2.48. The minimum absolute atomic E-state index is 0.0351. The van der Waals surface area contributed by atoms with E-state index in [0.717, 1.165) is 0 Å². The largest absolute Gasteiger partial charge is 0.380 e. The van der Waals surface area contributed by atoms with Gasteiger partial charge in [0.05, 0.1) is 6.10 Å². The number of anilines is 1. The summed E-state index contributed by atoms with van der Waals surface area (Å²) in [5.41, 5.74) is 1.16. The van der Waals surface area contributed by atoms with Gasteiger partial charge in [0.2, 0.25) is 0 Å². The Hall–Kier alpha value is -1.88. The second-order valence-corrected chi connectivity index (χ2v) is 4.02. The minimum Gasteiger partial charge on any atom is -0.380 e. The van der Waals surface area contributed by atoms with E-state index in [4.69, 9.17) is 4.74 Å². The molecule has 0 aromatic heterocycles. The summed E-state index contributed by atoms with van der Waals surface area (Å²) >= 11 is 0. The number of urea groups is 1. The van der Waals surface area contributed by atoms with E-state index >= 15 is 0 Å². The Bertz CT molecular complexity index is 432. The van der Waals surface area contributed by atoms with E-state index < -0.39 is 0 Å². The lowest BCUT2D eigenvalue weighted by molar-refractivity contribution is 0.101. The molecule has 5 nitrogen and oxygen atoms in total. The van der Waals surface area contributed by atoms with Crippen LogP contribution >= 0.6 is 0 Å². The van der Waals surface area contributed by atoms with Crippen molar-refractivity contribution in [2.24, 2.45) is 0 Å². The lowest BCUT2D eigenvalue weighted by Crippen LogP contribution is -2.34. The maximum Gasteiger partial charge on any atom is 0.319 e. The average Bonchev–Trinajstić information content (AvgIpc) is 2.36. The number of Topliss-reactive ketones (excluding diaryl/α,β-unsaturated/α-hetero) is 1. The van der Waals surface area contributed by atoms with Crippen LogP contribution in [0, 0.1) is 0 Å². The Labute approximate surface area is 107 Å². The van der Waals surface area contributed by atoms with Crippen LogP contribution in [0.25, 0.3) is 0 Å².